The lowest BCUT2D eigenvalue weighted by Gasteiger charge is -2.46. The molecule has 71 heavy (non-hydrogen) atoms. The van der Waals surface area contributed by atoms with Crippen LogP contribution in [0.5, 0.6) is 0 Å². The highest BCUT2D eigenvalue weighted by Gasteiger charge is 2.51. The molecule has 0 spiro atoms. The number of rotatable bonds is 46. The molecule has 2 aliphatic rings. The molecule has 0 aromatic heterocycles. The van der Waals surface area contributed by atoms with E-state index in [2.05, 4.69) is 31.3 Å². The van der Waals surface area contributed by atoms with Crippen LogP contribution in [0.2, 0.25) is 0 Å². The summed E-state index contributed by atoms with van der Waals surface area (Å²) in [6.45, 7) is 2.73. The van der Waals surface area contributed by atoms with Crippen LogP contribution >= 0.6 is 0 Å². The Hall–Kier alpha value is -1.53. The first kappa shape index (κ1) is 65.6. The summed E-state index contributed by atoms with van der Waals surface area (Å²) in [4.78, 5) is 13.1. The maximum absolute atomic E-state index is 13.1. The topological polar surface area (TPSA) is 228 Å². The van der Waals surface area contributed by atoms with E-state index in [1.807, 2.05) is 6.08 Å². The lowest BCUT2D eigenvalue weighted by Crippen LogP contribution is -2.65. The van der Waals surface area contributed by atoms with Crippen LogP contribution in [0.1, 0.15) is 239 Å². The average molecular weight is 1010 g/mol. The van der Waals surface area contributed by atoms with Crippen LogP contribution in [0, 0.1) is 0 Å². The van der Waals surface area contributed by atoms with E-state index >= 15 is 0 Å². The molecule has 9 N–H and O–H groups in total. The normalized spacial score (nSPS) is 25.9. The molecule has 2 saturated heterocycles. The van der Waals surface area contributed by atoms with Gasteiger partial charge in [-0.1, -0.05) is 224 Å². The van der Waals surface area contributed by atoms with Crippen LogP contribution in [-0.2, 0) is 23.7 Å². The molecule has 14 heteroatoms. The fourth-order valence-corrected chi connectivity index (χ4v) is 9.66. The van der Waals surface area contributed by atoms with Gasteiger partial charge in [0.1, 0.15) is 48.8 Å². The number of carbonyl (C=O) groups is 1. The number of hydrogen-bond acceptors (Lipinski definition) is 13. The molecule has 12 atom stereocenters. The number of carbonyl (C=O) groups excluding carboxylic acids is 1. The predicted octanol–water partition coefficient (Wildman–Crippen LogP) is 9.28. The van der Waals surface area contributed by atoms with E-state index in [1.54, 1.807) is 6.08 Å². The molecule has 12 unspecified atom stereocenters. The smallest absolute Gasteiger partial charge is 0.220 e. The largest absolute Gasteiger partial charge is 0.394 e. The molecule has 0 aromatic carbocycles. The van der Waals surface area contributed by atoms with E-state index in [-0.39, 0.29) is 18.9 Å². The summed E-state index contributed by atoms with van der Waals surface area (Å²) in [7, 11) is 0. The second-order valence-corrected chi connectivity index (χ2v) is 20.8. The Morgan fingerprint density at radius 3 is 1.38 bits per heavy atom. The third-order valence-electron chi connectivity index (χ3n) is 14.4. The van der Waals surface area contributed by atoms with Crippen molar-refractivity contribution in [2.75, 3.05) is 19.8 Å². The molecule has 2 heterocycles. The standard InChI is InChI=1S/C57H107NO13/c1-3-5-7-9-11-12-13-14-15-16-17-18-19-20-21-22-23-24-25-26-27-28-29-30-31-32-33-35-36-38-40-46(61)45(58-49(62)41-39-37-34-10-8-6-4-2)44-68-56-54(67)52(65)55(48(43-60)70-56)71-57-53(66)51(64)50(63)47(42-59)69-57/h32-33,38,40,45-48,50-57,59-61,63-67H,3-31,34-37,39,41-44H2,1-2H3,(H,58,62)/b33-32+,40-38+. The zero-order valence-corrected chi connectivity index (χ0v) is 44.7. The summed E-state index contributed by atoms with van der Waals surface area (Å²) < 4.78 is 22.6. The summed E-state index contributed by atoms with van der Waals surface area (Å²) in [6.07, 6.45) is 34.3. The lowest BCUT2D eigenvalue weighted by atomic mass is 9.97. The molecule has 0 radical (unpaired) electrons. The van der Waals surface area contributed by atoms with Crippen molar-refractivity contribution in [1.82, 2.24) is 5.32 Å². The van der Waals surface area contributed by atoms with Gasteiger partial charge in [0.05, 0.1) is 32.0 Å². The summed E-state index contributed by atoms with van der Waals surface area (Å²) in [6, 6.07) is -0.925. The molecule has 0 aromatic rings. The van der Waals surface area contributed by atoms with E-state index in [1.165, 1.54) is 167 Å². The molecule has 418 valence electrons. The number of allylic oxidation sites excluding steroid dienone is 3. The Bertz CT molecular complexity index is 1290. The minimum atomic E-state index is -1.79. The molecule has 2 rings (SSSR count). The quantitative estimate of drug-likeness (QED) is 0.0205. The second kappa shape index (κ2) is 43.7. The van der Waals surface area contributed by atoms with Gasteiger partial charge in [-0.15, -0.1) is 0 Å². The number of unbranched alkanes of at least 4 members (excludes halogenated alkanes) is 31. The number of nitrogens with one attached hydrogen (secondary N) is 1. The summed E-state index contributed by atoms with van der Waals surface area (Å²) in [5.74, 6) is -0.255. The zero-order chi connectivity index (χ0) is 51.7. The number of aliphatic hydroxyl groups is 8. The van der Waals surface area contributed by atoms with Gasteiger partial charge in [0.25, 0.3) is 0 Å². The first-order valence-corrected chi connectivity index (χ1v) is 29.1. The van der Waals surface area contributed by atoms with E-state index in [0.29, 0.717) is 12.8 Å². The highest BCUT2D eigenvalue weighted by atomic mass is 16.7. The van der Waals surface area contributed by atoms with Crippen LogP contribution in [0.25, 0.3) is 0 Å². The monoisotopic (exact) mass is 1010 g/mol. The van der Waals surface area contributed by atoms with Crippen LogP contribution < -0.4 is 5.32 Å². The van der Waals surface area contributed by atoms with Crippen molar-refractivity contribution in [3.8, 4) is 0 Å². The molecular weight excluding hydrogens is 907 g/mol. The van der Waals surface area contributed by atoms with Gasteiger partial charge >= 0.3 is 0 Å². The van der Waals surface area contributed by atoms with E-state index < -0.39 is 86.8 Å². The first-order chi connectivity index (χ1) is 34.6. The van der Waals surface area contributed by atoms with Gasteiger partial charge in [0.15, 0.2) is 12.6 Å². The first-order valence-electron chi connectivity index (χ1n) is 29.1. The van der Waals surface area contributed by atoms with Crippen molar-refractivity contribution >= 4 is 5.91 Å². The summed E-state index contributed by atoms with van der Waals surface area (Å²) in [5.41, 5.74) is 0. The number of aliphatic hydroxyl groups excluding tert-OH is 8. The molecule has 0 saturated carbocycles. The predicted molar refractivity (Wildman–Crippen MR) is 282 cm³/mol. The Kier molecular flexibility index (Phi) is 40.4. The Labute approximate surface area is 430 Å². The van der Waals surface area contributed by atoms with E-state index in [0.717, 1.165) is 38.5 Å². The molecule has 14 nitrogen and oxygen atoms in total. The fraction of sp³-hybridized carbons (Fsp3) is 0.912. The van der Waals surface area contributed by atoms with Crippen LogP contribution in [0.3, 0.4) is 0 Å². The van der Waals surface area contributed by atoms with E-state index in [4.69, 9.17) is 18.9 Å². The number of hydrogen-bond donors (Lipinski definition) is 9. The number of amides is 1. The molecular formula is C57H107NO13. The van der Waals surface area contributed by atoms with E-state index in [9.17, 15) is 45.6 Å². The number of ether oxygens (including phenoxy) is 4. The molecule has 2 aliphatic heterocycles. The van der Waals surface area contributed by atoms with Gasteiger partial charge in [-0.25, -0.2) is 0 Å². The van der Waals surface area contributed by atoms with Gasteiger partial charge in [0, 0.05) is 6.42 Å². The summed E-state index contributed by atoms with van der Waals surface area (Å²) in [5, 5.41) is 86.6. The minimum absolute atomic E-state index is 0.255. The maximum atomic E-state index is 13.1. The van der Waals surface area contributed by atoms with Crippen molar-refractivity contribution in [2.45, 2.75) is 312 Å². The maximum Gasteiger partial charge on any atom is 0.220 e. The van der Waals surface area contributed by atoms with Gasteiger partial charge in [-0.2, -0.15) is 0 Å². The van der Waals surface area contributed by atoms with Crippen LogP contribution in [0.4, 0.5) is 0 Å². The van der Waals surface area contributed by atoms with Crippen molar-refractivity contribution in [1.29, 1.82) is 0 Å². The molecule has 0 aliphatic carbocycles. The third-order valence-corrected chi connectivity index (χ3v) is 14.4. The Morgan fingerprint density at radius 2 is 0.901 bits per heavy atom. The highest BCUT2D eigenvalue weighted by molar-refractivity contribution is 5.76. The molecule has 1 amide bonds. The zero-order valence-electron chi connectivity index (χ0n) is 44.7. The van der Waals surface area contributed by atoms with Gasteiger partial charge in [0.2, 0.25) is 5.91 Å². The highest BCUT2D eigenvalue weighted by Crippen LogP contribution is 2.30. The second-order valence-electron chi connectivity index (χ2n) is 20.8. The van der Waals surface area contributed by atoms with Gasteiger partial charge in [-0.3, -0.25) is 4.79 Å². The Morgan fingerprint density at radius 1 is 0.493 bits per heavy atom. The minimum Gasteiger partial charge on any atom is -0.394 e. The fourth-order valence-electron chi connectivity index (χ4n) is 9.66. The van der Waals surface area contributed by atoms with Crippen molar-refractivity contribution in [3.63, 3.8) is 0 Å². The van der Waals surface area contributed by atoms with Crippen LogP contribution in [-0.4, -0.2) is 140 Å². The van der Waals surface area contributed by atoms with Crippen LogP contribution in [0.15, 0.2) is 24.3 Å². The van der Waals surface area contributed by atoms with Gasteiger partial charge in [-0.05, 0) is 32.1 Å². The van der Waals surface area contributed by atoms with Crippen molar-refractivity contribution in [3.05, 3.63) is 24.3 Å². The molecule has 2 fully saturated rings. The SMILES string of the molecule is CCCCCCCCCCCCCCCCCCCCCCCCCC/C=C/CC/C=C/C(O)C(COC1OC(CO)C(OC2OC(CO)C(O)C(O)C2O)C(O)C1O)NC(=O)CCCCCCCCC. The van der Waals surface area contributed by atoms with Gasteiger partial charge < -0.3 is 65.1 Å². The molecule has 0 bridgehead atoms. The summed E-state index contributed by atoms with van der Waals surface area (Å²) >= 11 is 0. The van der Waals surface area contributed by atoms with Crippen molar-refractivity contribution in [2.24, 2.45) is 0 Å². The third kappa shape index (κ3) is 30.0. The van der Waals surface area contributed by atoms with Crippen molar-refractivity contribution < 1.29 is 64.6 Å². The lowest BCUT2D eigenvalue weighted by molar-refractivity contribution is -0.359. The average Bonchev–Trinajstić information content (AvgIpc) is 3.37. The Balaban J connectivity index is 1.65.